The van der Waals surface area contributed by atoms with Gasteiger partial charge in [0.2, 0.25) is 23.8 Å². The Hall–Kier alpha value is -14.1. The van der Waals surface area contributed by atoms with Crippen molar-refractivity contribution in [1.82, 2.24) is 80.7 Å². The summed E-state index contributed by atoms with van der Waals surface area (Å²) in [6.45, 7) is 1.39. The van der Waals surface area contributed by atoms with Gasteiger partial charge in [0, 0.05) is 67.1 Å². The zero-order valence-electron chi connectivity index (χ0n) is 59.9. The minimum Gasteiger partial charge on any atom is -0.392 e. The molecule has 25 nitrogen and oxygen atoms in total. The van der Waals surface area contributed by atoms with Crippen LogP contribution in [-0.4, -0.2) is 85.8 Å². The van der Waals surface area contributed by atoms with Crippen molar-refractivity contribution >= 4 is 233 Å². The van der Waals surface area contributed by atoms with Crippen LogP contribution in [-0.2, 0) is 25.9 Å². The number of nitrogens with one attached hydrogen (secondary N) is 12. The molecule has 13 heterocycles. The first-order valence-electron chi connectivity index (χ1n) is 35.6. The molecule has 33 heteroatoms. The molecular formula is C82H61F3N24OS5. The van der Waals surface area contributed by atoms with Gasteiger partial charge in [-0.15, -0.1) is 56.7 Å². The van der Waals surface area contributed by atoms with Crippen LogP contribution in [0.15, 0.2) is 252 Å². The van der Waals surface area contributed by atoms with Crippen LogP contribution in [0.3, 0.4) is 0 Å². The maximum absolute atomic E-state index is 12.8. The molecule has 0 amide bonds. The molecule has 0 unspecified atom stereocenters. The fourth-order valence-corrected chi connectivity index (χ4v) is 16.3. The zero-order valence-corrected chi connectivity index (χ0v) is 63.9. The van der Waals surface area contributed by atoms with Crippen LogP contribution in [0.4, 0.5) is 94.4 Å². The summed E-state index contributed by atoms with van der Waals surface area (Å²) in [7, 11) is 0. The van der Waals surface area contributed by atoms with E-state index in [1.807, 2.05) is 149 Å². The lowest BCUT2D eigenvalue weighted by Gasteiger charge is -2.11. The fourth-order valence-electron chi connectivity index (χ4n) is 12.6. The number of rotatable bonds is 19. The first kappa shape index (κ1) is 72.5. The van der Waals surface area contributed by atoms with Crippen LogP contribution in [0.2, 0.25) is 0 Å². The van der Waals surface area contributed by atoms with E-state index in [0.717, 1.165) is 148 Å². The van der Waals surface area contributed by atoms with E-state index in [0.29, 0.717) is 42.4 Å². The highest BCUT2D eigenvalue weighted by Crippen LogP contribution is 2.38. The van der Waals surface area contributed by atoms with Gasteiger partial charge in [0.05, 0.1) is 106 Å². The van der Waals surface area contributed by atoms with Crippen LogP contribution < -0.4 is 42.5 Å². The number of anilines is 14. The van der Waals surface area contributed by atoms with Gasteiger partial charge in [0.25, 0.3) is 0 Å². The maximum atomic E-state index is 12.8. The molecule has 0 aliphatic rings. The van der Waals surface area contributed by atoms with Crippen LogP contribution in [0.25, 0.3) is 95.3 Å². The first-order chi connectivity index (χ1) is 56.4. The summed E-state index contributed by atoms with van der Waals surface area (Å²) in [4.78, 5) is 38.3. The number of aliphatic hydroxyl groups excluding tert-OH is 1. The lowest BCUT2D eigenvalue weighted by atomic mass is 10.0. The Balaban J connectivity index is 0.000000107. The van der Waals surface area contributed by atoms with E-state index in [2.05, 4.69) is 174 Å². The highest BCUT2D eigenvalue weighted by Gasteiger charge is 2.30. The van der Waals surface area contributed by atoms with Crippen LogP contribution in [0, 0.1) is 0 Å². The zero-order chi connectivity index (χ0) is 77.6. The van der Waals surface area contributed by atoms with E-state index in [1.165, 1.54) is 44.7 Å². The molecule has 0 bridgehead atoms. The minimum atomic E-state index is -4.38. The molecule has 115 heavy (non-hydrogen) atoms. The SMILES string of the molecule is FC(F)(F)c1ccc(Nc2nc(Nc3ccc4[nH]ncc4c3)c3sccc3n2)cc1.OCc1ccc(Nc2nc(Nc3ccc4[nH]ncc4c3)c3sccc3n2)cc1.c1ccc2c(CNc3nc(Nc4ccc5[nH]ncc5c4)c4sccc4n3)cccc2c1.c1csc(CNc2nc(Nc3ccc4[nH]ncc4c3)c3sccc3n2)c1. The molecule has 566 valence electrons. The first-order valence-corrected chi connectivity index (χ1v) is 40.0. The number of fused-ring (bicyclic) bond motifs is 9. The Morgan fingerprint density at radius 1 is 0.330 bits per heavy atom. The molecule has 21 rings (SSSR count). The Bertz CT molecular complexity index is 6970. The Kier molecular flexibility index (Phi) is 20.4. The Morgan fingerprint density at radius 2 is 0.713 bits per heavy atom. The van der Waals surface area contributed by atoms with Gasteiger partial charge in [-0.05, 0) is 188 Å². The molecule has 0 fully saturated rings. The van der Waals surface area contributed by atoms with Crippen molar-refractivity contribution < 1.29 is 18.3 Å². The molecule has 8 aromatic carbocycles. The molecule has 0 saturated carbocycles. The highest BCUT2D eigenvalue weighted by atomic mass is 32.1. The van der Waals surface area contributed by atoms with Crippen molar-refractivity contribution in [3.8, 4) is 0 Å². The molecule has 13 N–H and O–H groups in total. The number of aromatic nitrogens is 16. The number of nitrogens with zero attached hydrogens (tertiary/aromatic N) is 12. The average molecular weight is 1620 g/mol. The molecule has 0 aliphatic heterocycles. The summed E-state index contributed by atoms with van der Waals surface area (Å²) < 4.78 is 42.2. The largest absolute Gasteiger partial charge is 0.416 e. The molecule has 0 aliphatic carbocycles. The predicted molar refractivity (Wildman–Crippen MR) is 460 cm³/mol. The number of hydrogen-bond acceptors (Lipinski definition) is 26. The standard InChI is InChI=1S/C24H18N6S.C20H13F3N6S.C20H16N6OS.C18H14N6S2/c1-2-7-19-15(4-1)5-3-6-16(19)13-25-24-28-21-10-11-31-22(21)23(29-24)27-18-8-9-20-17(12-18)14-26-30-20;21-20(22,23)12-1-3-13(4-2-12)26-19-27-16-7-8-30-17(16)18(28-19)25-14-5-6-15-11(9-14)10-24-29-15;27-11-12-1-3-14(4-2-12)23-20-24-17-7-8-28-18(17)19(25-20)22-15-5-6-16-13(9-15)10-21-26-16;1-2-13(25-6-1)10-19-18-22-15-5-7-26-16(15)17(23-18)21-12-3-4-14-11(8-12)9-20-24-14/h1-12,14H,13H2,(H,26,30)(H2,25,27,28,29);1-10H,(H,24,29)(H2,25,26,27,28);1-10,27H,11H2,(H,21,26)(H2,22,23,24,25);1-9H,10H2,(H,20,24)(H2,19,21,22,23). The molecule has 0 saturated heterocycles. The van der Waals surface area contributed by atoms with Crippen LogP contribution in [0.5, 0.6) is 0 Å². The Morgan fingerprint density at radius 3 is 1.12 bits per heavy atom. The quantitative estimate of drug-likeness (QED) is 0.0358. The average Bonchev–Trinajstić information content (AvgIpc) is 1.73. The van der Waals surface area contributed by atoms with E-state index in [-0.39, 0.29) is 12.6 Å². The second-order valence-corrected chi connectivity index (χ2v) is 30.6. The molecule has 0 radical (unpaired) electrons. The number of H-pyrrole nitrogens is 4. The highest BCUT2D eigenvalue weighted by molar-refractivity contribution is 7.18. The summed E-state index contributed by atoms with van der Waals surface area (Å²) in [5.41, 5.74) is 13.8. The number of halogens is 3. The van der Waals surface area contributed by atoms with Crippen molar-refractivity contribution in [3.05, 3.63) is 273 Å². The molecule has 0 spiro atoms. The topological polar surface area (TPSA) is 334 Å². The monoisotopic (exact) mass is 1610 g/mol. The van der Waals surface area contributed by atoms with Crippen molar-refractivity contribution in [1.29, 1.82) is 0 Å². The lowest BCUT2D eigenvalue weighted by molar-refractivity contribution is -0.137. The van der Waals surface area contributed by atoms with Crippen molar-refractivity contribution in [2.45, 2.75) is 25.9 Å². The van der Waals surface area contributed by atoms with Gasteiger partial charge in [0.1, 0.15) is 0 Å². The summed E-state index contributed by atoms with van der Waals surface area (Å²) in [5.74, 6) is 4.97. The Labute approximate surface area is 669 Å². The predicted octanol–water partition coefficient (Wildman–Crippen LogP) is 21.7. The molecule has 21 aromatic rings. The van der Waals surface area contributed by atoms with E-state index >= 15 is 0 Å². The molecule has 13 aromatic heterocycles. The second-order valence-electron chi connectivity index (χ2n) is 25.9. The van der Waals surface area contributed by atoms with E-state index in [1.54, 1.807) is 57.7 Å². The third-order valence-corrected chi connectivity index (χ3v) is 22.7. The smallest absolute Gasteiger partial charge is 0.392 e. The van der Waals surface area contributed by atoms with Crippen LogP contribution >= 0.6 is 56.7 Å². The van der Waals surface area contributed by atoms with Crippen molar-refractivity contribution in [2.75, 3.05) is 42.5 Å². The van der Waals surface area contributed by atoms with Gasteiger partial charge in [-0.1, -0.05) is 60.7 Å². The van der Waals surface area contributed by atoms with Gasteiger partial charge in [-0.25, -0.2) is 19.9 Å². The summed E-state index contributed by atoms with van der Waals surface area (Å²) in [5, 5.41) is 80.4. The van der Waals surface area contributed by atoms with Gasteiger partial charge < -0.3 is 47.6 Å². The van der Waals surface area contributed by atoms with E-state index < -0.39 is 11.7 Å². The summed E-state index contributed by atoms with van der Waals surface area (Å²) >= 11 is 8.07. The molecule has 0 atom stereocenters. The van der Waals surface area contributed by atoms with Gasteiger partial charge in [-0.2, -0.15) is 53.5 Å². The number of benzene rings is 8. The third-order valence-electron chi connectivity index (χ3n) is 18.2. The number of aromatic amines is 4. The van der Waals surface area contributed by atoms with Gasteiger partial charge in [-0.3, -0.25) is 20.4 Å². The lowest BCUT2D eigenvalue weighted by Crippen LogP contribution is -2.06. The van der Waals surface area contributed by atoms with E-state index in [9.17, 15) is 18.3 Å². The normalized spacial score (nSPS) is 11.4. The third kappa shape index (κ3) is 16.6. The number of aliphatic hydroxyl groups is 1. The fraction of sp³-hybridized carbons (Fsp3) is 0.0488. The number of thiophene rings is 5. The second kappa shape index (κ2) is 32.3. The number of alkyl halides is 3. The van der Waals surface area contributed by atoms with Crippen molar-refractivity contribution in [3.63, 3.8) is 0 Å². The number of hydrogen-bond donors (Lipinski definition) is 13. The molecular weight excluding hydrogens is 1550 g/mol. The summed E-state index contributed by atoms with van der Waals surface area (Å²) in [6.07, 6.45) is 2.79. The van der Waals surface area contributed by atoms with E-state index in [4.69, 9.17) is 15.0 Å². The summed E-state index contributed by atoms with van der Waals surface area (Å²) in [6, 6.07) is 63.0. The van der Waals surface area contributed by atoms with Crippen molar-refractivity contribution in [2.24, 2.45) is 0 Å². The van der Waals surface area contributed by atoms with Crippen LogP contribution in [0.1, 0.15) is 21.6 Å². The maximum Gasteiger partial charge on any atom is 0.416 e. The van der Waals surface area contributed by atoms with Gasteiger partial charge >= 0.3 is 6.18 Å². The minimum absolute atomic E-state index is 0.0206. The van der Waals surface area contributed by atoms with Gasteiger partial charge in [0.15, 0.2) is 23.3 Å².